The van der Waals surface area contributed by atoms with Crippen molar-refractivity contribution >= 4 is 17.8 Å². The van der Waals surface area contributed by atoms with Crippen LogP contribution in [0.2, 0.25) is 0 Å². The zero-order valence-electron chi connectivity index (χ0n) is 16.0. The Hall–Kier alpha value is -3.35. The van der Waals surface area contributed by atoms with Gasteiger partial charge in [-0.15, -0.1) is 0 Å². The van der Waals surface area contributed by atoms with Crippen molar-refractivity contribution in [3.05, 3.63) is 65.1 Å². The number of hydrogen-bond donors (Lipinski definition) is 2. The van der Waals surface area contributed by atoms with Gasteiger partial charge in [0.15, 0.2) is 0 Å². The van der Waals surface area contributed by atoms with Crippen molar-refractivity contribution in [2.75, 3.05) is 5.73 Å². The van der Waals surface area contributed by atoms with Crippen molar-refractivity contribution in [3.8, 4) is 5.82 Å². The van der Waals surface area contributed by atoms with Crippen LogP contribution in [0.15, 0.2) is 47.7 Å². The van der Waals surface area contributed by atoms with Crippen LogP contribution in [0.5, 0.6) is 0 Å². The van der Waals surface area contributed by atoms with E-state index in [0.717, 1.165) is 22.8 Å². The molecule has 0 saturated heterocycles. The molecule has 1 amide bonds. The number of hydrogen-bond acceptors (Lipinski definition) is 4. The van der Waals surface area contributed by atoms with Crippen molar-refractivity contribution in [1.29, 1.82) is 0 Å². The van der Waals surface area contributed by atoms with E-state index in [1.807, 2.05) is 30.7 Å². The maximum absolute atomic E-state index is 12.1. The third kappa shape index (κ3) is 3.76. The Bertz CT molecular complexity index is 979. The molecule has 0 spiro atoms. The second kappa shape index (κ2) is 7.49. The molecule has 0 unspecified atom stereocenters. The topological polar surface area (TPSA) is 90.2 Å². The summed E-state index contributed by atoms with van der Waals surface area (Å²) in [5.74, 6) is 0.725. The monoisotopic (exact) mass is 364 g/mol. The summed E-state index contributed by atoms with van der Waals surface area (Å²) in [5.41, 5.74) is 12.3. The van der Waals surface area contributed by atoms with Crippen molar-refractivity contribution in [3.63, 3.8) is 0 Å². The number of nitrogens with one attached hydrogen (secondary N) is 1. The van der Waals surface area contributed by atoms with Crippen LogP contribution in [-0.2, 0) is 0 Å². The van der Waals surface area contributed by atoms with Crippen molar-refractivity contribution in [2.24, 2.45) is 5.10 Å². The normalized spacial score (nSPS) is 11.4. The summed E-state index contributed by atoms with van der Waals surface area (Å²) in [5, 5.41) is 8.51. The van der Waals surface area contributed by atoms with E-state index in [0.29, 0.717) is 11.3 Å². The Labute approximate surface area is 158 Å². The van der Waals surface area contributed by atoms with E-state index in [4.69, 9.17) is 5.73 Å². The number of aryl methyl sites for hydroxylation is 1. The highest BCUT2D eigenvalue weighted by molar-refractivity contribution is 5.95. The quantitative estimate of drug-likeness (QED) is 0.414. The molecule has 3 rings (SSSR count). The van der Waals surface area contributed by atoms with Crippen LogP contribution in [0.4, 0.5) is 5.69 Å². The molecule has 0 aliphatic carbocycles. The highest BCUT2D eigenvalue weighted by atomic mass is 16.2. The van der Waals surface area contributed by atoms with E-state index >= 15 is 0 Å². The summed E-state index contributed by atoms with van der Waals surface area (Å²) in [7, 11) is 0. The number of nitrogen functional groups attached to an aromatic ring is 1. The van der Waals surface area contributed by atoms with Crippen LogP contribution in [-0.4, -0.2) is 26.5 Å². The maximum atomic E-state index is 12.1. The minimum Gasteiger partial charge on any atom is -0.399 e. The minimum atomic E-state index is -0.280. The molecule has 0 radical (unpaired) electrons. The van der Waals surface area contributed by atoms with Gasteiger partial charge in [0.1, 0.15) is 5.82 Å². The molecule has 0 fully saturated rings. The Kier molecular flexibility index (Phi) is 5.12. The van der Waals surface area contributed by atoms with E-state index in [1.165, 1.54) is 0 Å². The predicted octanol–water partition coefficient (Wildman–Crippen LogP) is 3.22. The Morgan fingerprint density at radius 2 is 1.93 bits per heavy atom. The van der Waals surface area contributed by atoms with Gasteiger partial charge in [0.2, 0.25) is 0 Å². The van der Waals surface area contributed by atoms with Gasteiger partial charge in [-0.25, -0.2) is 10.1 Å². The fourth-order valence-corrected chi connectivity index (χ4v) is 3.01. The molecule has 7 nitrogen and oxygen atoms in total. The summed E-state index contributed by atoms with van der Waals surface area (Å²) in [4.78, 5) is 12.1. The van der Waals surface area contributed by atoms with Crippen LogP contribution < -0.4 is 11.2 Å². The molecule has 3 N–H and O–H groups in total. The predicted molar refractivity (Wildman–Crippen MR) is 107 cm³/mol. The maximum Gasteiger partial charge on any atom is 0.271 e. The molecule has 27 heavy (non-hydrogen) atoms. The number of carbonyl (C=O) groups excluding carboxylic acids is 1. The number of aromatic nitrogens is 3. The first-order valence-electron chi connectivity index (χ1n) is 8.80. The number of carbonyl (C=O) groups is 1. The van der Waals surface area contributed by atoms with Crippen LogP contribution >= 0.6 is 0 Å². The lowest BCUT2D eigenvalue weighted by atomic mass is 10.2. The lowest BCUT2D eigenvalue weighted by molar-refractivity contribution is 0.0955. The number of amides is 1. The Balaban J connectivity index is 1.80. The number of nitrogens with two attached hydrogens (primary N) is 1. The van der Waals surface area contributed by atoms with Crippen LogP contribution in [0.25, 0.3) is 5.82 Å². The van der Waals surface area contributed by atoms with Crippen molar-refractivity contribution in [2.45, 2.75) is 33.7 Å². The van der Waals surface area contributed by atoms with Crippen LogP contribution in [0.1, 0.15) is 47.2 Å². The standard InChI is InChI=1S/C20H24N6O/c1-13(2)26-19(9-10-23-26)25-14(3)11-17(15(25)4)12-22-24-20(27)16-5-7-18(21)8-6-16/h5-13H,21H2,1-4H3,(H,24,27)/b22-12-. The molecule has 0 bridgehead atoms. The van der Waals surface area contributed by atoms with Crippen molar-refractivity contribution < 1.29 is 4.79 Å². The second-order valence-electron chi connectivity index (χ2n) is 6.71. The van der Waals surface area contributed by atoms with Gasteiger partial charge < -0.3 is 10.3 Å². The first-order valence-corrected chi connectivity index (χ1v) is 8.80. The van der Waals surface area contributed by atoms with Crippen molar-refractivity contribution in [1.82, 2.24) is 19.8 Å². The third-order valence-corrected chi connectivity index (χ3v) is 4.38. The summed E-state index contributed by atoms with van der Waals surface area (Å²) in [6.45, 7) is 8.25. The number of benzene rings is 1. The largest absolute Gasteiger partial charge is 0.399 e. The van der Waals surface area contributed by atoms with Gasteiger partial charge in [-0.1, -0.05) is 0 Å². The molecule has 2 heterocycles. The summed E-state index contributed by atoms with van der Waals surface area (Å²) in [6, 6.07) is 11.0. The average Bonchev–Trinajstić information content (AvgIpc) is 3.20. The molecule has 2 aromatic heterocycles. The number of nitrogens with zero attached hydrogens (tertiary/aromatic N) is 4. The first kappa shape index (κ1) is 18.4. The number of rotatable bonds is 5. The summed E-state index contributed by atoms with van der Waals surface area (Å²) in [6.07, 6.45) is 3.46. The molecule has 0 saturated carbocycles. The van der Waals surface area contributed by atoms with E-state index in [-0.39, 0.29) is 11.9 Å². The number of hydrazone groups is 1. The van der Waals surface area contributed by atoms with Gasteiger partial charge in [-0.2, -0.15) is 10.2 Å². The Morgan fingerprint density at radius 3 is 2.59 bits per heavy atom. The molecule has 140 valence electrons. The highest BCUT2D eigenvalue weighted by Crippen LogP contribution is 2.21. The lowest BCUT2D eigenvalue weighted by Gasteiger charge is -2.14. The fraction of sp³-hybridized carbons (Fsp3) is 0.250. The molecule has 0 aliphatic rings. The molecule has 7 heteroatoms. The van der Waals surface area contributed by atoms with E-state index in [2.05, 4.69) is 34.0 Å². The molecule has 1 aromatic carbocycles. The summed E-state index contributed by atoms with van der Waals surface area (Å²) >= 11 is 0. The first-order chi connectivity index (χ1) is 12.9. The Morgan fingerprint density at radius 1 is 1.22 bits per heavy atom. The molecule has 0 atom stereocenters. The van der Waals surface area contributed by atoms with E-state index < -0.39 is 0 Å². The average molecular weight is 364 g/mol. The lowest BCUT2D eigenvalue weighted by Crippen LogP contribution is -2.17. The van der Waals surface area contributed by atoms with Gasteiger partial charge in [0, 0.05) is 40.3 Å². The van der Waals surface area contributed by atoms with Gasteiger partial charge >= 0.3 is 0 Å². The fourth-order valence-electron chi connectivity index (χ4n) is 3.01. The minimum absolute atomic E-state index is 0.257. The summed E-state index contributed by atoms with van der Waals surface area (Å²) < 4.78 is 4.11. The third-order valence-electron chi connectivity index (χ3n) is 4.38. The van der Waals surface area contributed by atoms with Gasteiger partial charge in [0.05, 0.1) is 12.4 Å². The smallest absolute Gasteiger partial charge is 0.271 e. The van der Waals surface area contributed by atoms with Crippen LogP contribution in [0, 0.1) is 13.8 Å². The second-order valence-corrected chi connectivity index (χ2v) is 6.71. The van der Waals surface area contributed by atoms with E-state index in [9.17, 15) is 4.79 Å². The molecule has 0 aliphatic heterocycles. The molecular weight excluding hydrogens is 340 g/mol. The van der Waals surface area contributed by atoms with E-state index in [1.54, 1.807) is 36.7 Å². The highest BCUT2D eigenvalue weighted by Gasteiger charge is 2.14. The van der Waals surface area contributed by atoms with Gasteiger partial charge in [0.25, 0.3) is 5.91 Å². The number of anilines is 1. The van der Waals surface area contributed by atoms with Gasteiger partial charge in [-0.05, 0) is 58.0 Å². The molecular formula is C20H24N6O. The zero-order valence-corrected chi connectivity index (χ0v) is 16.0. The zero-order chi connectivity index (χ0) is 19.6. The SMILES string of the molecule is Cc1cc(/C=N\NC(=O)c2ccc(N)cc2)c(C)n1-c1ccnn1C(C)C. The van der Waals surface area contributed by atoms with Gasteiger partial charge in [-0.3, -0.25) is 4.79 Å². The van der Waals surface area contributed by atoms with Crippen LogP contribution in [0.3, 0.4) is 0 Å². The molecule has 3 aromatic rings.